The number of ether oxygens (including phenoxy) is 2. The van der Waals surface area contributed by atoms with Crippen LogP contribution in [0.1, 0.15) is 34.1 Å². The van der Waals surface area contributed by atoms with Crippen molar-refractivity contribution in [3.8, 4) is 0 Å². The zero-order valence-corrected chi connectivity index (χ0v) is 14.6. The van der Waals surface area contributed by atoms with Crippen LogP contribution >= 0.6 is 0 Å². The first-order valence-electron chi connectivity index (χ1n) is 8.20. The molecule has 0 aliphatic heterocycles. The van der Waals surface area contributed by atoms with Crippen LogP contribution in [0.15, 0.2) is 35.4 Å². The van der Waals surface area contributed by atoms with E-state index in [9.17, 15) is 27.2 Å². The maximum atomic E-state index is 14.8. The Hall–Kier alpha value is -3.16. The normalized spacial score (nSPS) is 19.2. The summed E-state index contributed by atoms with van der Waals surface area (Å²) in [6.45, 7) is 0. The lowest BCUT2D eigenvalue weighted by Gasteiger charge is -2.41. The van der Waals surface area contributed by atoms with Crippen molar-refractivity contribution >= 4 is 11.9 Å². The maximum Gasteiger partial charge on any atom is 0.335 e. The number of esters is 2. The zero-order chi connectivity index (χ0) is 20.3. The second-order valence-corrected chi connectivity index (χ2v) is 6.39. The van der Waals surface area contributed by atoms with Crippen molar-refractivity contribution in [3.05, 3.63) is 80.9 Å². The van der Waals surface area contributed by atoms with Crippen LogP contribution in [0.5, 0.6) is 0 Å². The first-order chi connectivity index (χ1) is 13.3. The van der Waals surface area contributed by atoms with Crippen molar-refractivity contribution in [1.82, 2.24) is 0 Å². The summed E-state index contributed by atoms with van der Waals surface area (Å²) in [6.07, 6.45) is 0. The van der Waals surface area contributed by atoms with Crippen LogP contribution in [0.25, 0.3) is 0 Å². The molecule has 5 rings (SSSR count). The molecule has 3 aliphatic rings. The molecule has 2 aromatic rings. The third-order valence-corrected chi connectivity index (χ3v) is 5.21. The molecule has 28 heavy (non-hydrogen) atoms. The molecule has 0 unspecified atom stereocenters. The fourth-order valence-corrected chi connectivity index (χ4v) is 4.16. The summed E-state index contributed by atoms with van der Waals surface area (Å²) in [5.41, 5.74) is -0.860. The predicted octanol–water partition coefficient (Wildman–Crippen LogP) is 3.48. The van der Waals surface area contributed by atoms with Crippen LogP contribution in [0.2, 0.25) is 0 Å². The van der Waals surface area contributed by atoms with Gasteiger partial charge in [-0.25, -0.2) is 27.2 Å². The second kappa shape index (κ2) is 6.19. The van der Waals surface area contributed by atoms with Gasteiger partial charge in [0.25, 0.3) is 0 Å². The third kappa shape index (κ3) is 2.11. The molecule has 0 heterocycles. The molecule has 0 saturated carbocycles. The van der Waals surface area contributed by atoms with E-state index in [1.54, 1.807) is 24.3 Å². The average Bonchev–Trinajstić information content (AvgIpc) is 2.73. The Morgan fingerprint density at radius 1 is 0.714 bits per heavy atom. The van der Waals surface area contributed by atoms with Gasteiger partial charge in [-0.1, -0.05) is 24.3 Å². The standard InChI is InChI=1S/C20H12F4O4/c1-27-19(25)13-9-7-5-3-4-6-8(7)10(14(13)20(26)28-2)12-11(9)15(21)17(23)18(24)16(12)22/h3-6,9-10H,1-2H3/t9-,10+. The zero-order valence-electron chi connectivity index (χ0n) is 14.6. The van der Waals surface area contributed by atoms with Gasteiger partial charge in [0, 0.05) is 23.0 Å². The molecular weight excluding hydrogens is 380 g/mol. The lowest BCUT2D eigenvalue weighted by molar-refractivity contribution is -0.140. The van der Waals surface area contributed by atoms with Gasteiger partial charge < -0.3 is 9.47 Å². The van der Waals surface area contributed by atoms with Gasteiger partial charge in [-0.05, 0) is 11.1 Å². The molecule has 2 aromatic carbocycles. The number of benzene rings is 2. The van der Waals surface area contributed by atoms with Gasteiger partial charge in [0.05, 0.1) is 25.4 Å². The Kier molecular flexibility index (Phi) is 4.02. The molecule has 0 N–H and O–H groups in total. The highest BCUT2D eigenvalue weighted by atomic mass is 19.2. The largest absolute Gasteiger partial charge is 0.466 e. The van der Waals surface area contributed by atoms with Crippen LogP contribution < -0.4 is 0 Å². The van der Waals surface area contributed by atoms with E-state index in [4.69, 9.17) is 9.47 Å². The highest BCUT2D eigenvalue weighted by Crippen LogP contribution is 2.57. The van der Waals surface area contributed by atoms with Gasteiger partial charge in [0.2, 0.25) is 0 Å². The summed E-state index contributed by atoms with van der Waals surface area (Å²) < 4.78 is 67.0. The minimum atomic E-state index is -1.98. The Bertz CT molecular complexity index is 1010. The SMILES string of the molecule is COC(=O)C1=C(C(=O)OC)[C@H]2c3ccccc3[C@@H]1c1c(F)c(F)c(F)c(F)c12. The molecule has 2 bridgehead atoms. The fourth-order valence-electron chi connectivity index (χ4n) is 4.16. The monoisotopic (exact) mass is 392 g/mol. The summed E-state index contributed by atoms with van der Waals surface area (Å²) in [4.78, 5) is 25.0. The van der Waals surface area contributed by atoms with Crippen molar-refractivity contribution in [2.75, 3.05) is 14.2 Å². The molecule has 144 valence electrons. The second-order valence-electron chi connectivity index (χ2n) is 6.39. The minimum Gasteiger partial charge on any atom is -0.466 e. The molecule has 0 amide bonds. The number of hydrogen-bond acceptors (Lipinski definition) is 4. The highest BCUT2D eigenvalue weighted by molar-refractivity contribution is 6.06. The Morgan fingerprint density at radius 3 is 1.39 bits per heavy atom. The molecule has 8 heteroatoms. The third-order valence-electron chi connectivity index (χ3n) is 5.21. The smallest absolute Gasteiger partial charge is 0.335 e. The quantitative estimate of drug-likeness (QED) is 0.340. The molecule has 4 nitrogen and oxygen atoms in total. The van der Waals surface area contributed by atoms with Crippen LogP contribution in [0.4, 0.5) is 17.6 Å². The Morgan fingerprint density at radius 2 is 1.07 bits per heavy atom. The van der Waals surface area contributed by atoms with E-state index in [2.05, 4.69) is 0 Å². The van der Waals surface area contributed by atoms with Gasteiger partial charge in [-0.3, -0.25) is 0 Å². The summed E-state index contributed by atoms with van der Waals surface area (Å²) in [5.74, 6) is -11.8. The van der Waals surface area contributed by atoms with E-state index >= 15 is 0 Å². The molecular formula is C20H12F4O4. The van der Waals surface area contributed by atoms with Crippen LogP contribution in [0.3, 0.4) is 0 Å². The van der Waals surface area contributed by atoms with E-state index in [1.807, 2.05) is 0 Å². The number of hydrogen-bond donors (Lipinski definition) is 0. The summed E-state index contributed by atoms with van der Waals surface area (Å²) >= 11 is 0. The highest BCUT2D eigenvalue weighted by Gasteiger charge is 2.52. The number of methoxy groups -OCH3 is 2. The fraction of sp³-hybridized carbons (Fsp3) is 0.200. The molecule has 0 saturated heterocycles. The number of carbonyl (C=O) groups is 2. The Labute approximate surface area is 156 Å². The van der Waals surface area contributed by atoms with Crippen molar-refractivity contribution in [3.63, 3.8) is 0 Å². The summed E-state index contributed by atoms with van der Waals surface area (Å²) in [7, 11) is 2.11. The van der Waals surface area contributed by atoms with Gasteiger partial charge in [-0.2, -0.15) is 0 Å². The van der Waals surface area contributed by atoms with E-state index in [0.29, 0.717) is 11.1 Å². The summed E-state index contributed by atoms with van der Waals surface area (Å²) in [6, 6.07) is 6.29. The molecule has 0 fully saturated rings. The molecule has 2 atom stereocenters. The number of halogens is 4. The van der Waals surface area contributed by atoms with Crippen molar-refractivity contribution < 1.29 is 36.6 Å². The maximum absolute atomic E-state index is 14.8. The van der Waals surface area contributed by atoms with Gasteiger partial charge in [0.1, 0.15) is 0 Å². The minimum absolute atomic E-state index is 0.283. The van der Waals surface area contributed by atoms with Crippen LogP contribution in [0, 0.1) is 23.3 Å². The van der Waals surface area contributed by atoms with E-state index < -0.39 is 58.2 Å². The first-order valence-corrected chi connectivity index (χ1v) is 8.20. The summed E-state index contributed by atoms with van der Waals surface area (Å²) in [5, 5.41) is 0. The lowest BCUT2D eigenvalue weighted by Crippen LogP contribution is -2.37. The molecule has 3 aliphatic carbocycles. The number of rotatable bonds is 2. The predicted molar refractivity (Wildman–Crippen MR) is 87.5 cm³/mol. The van der Waals surface area contributed by atoms with Gasteiger partial charge in [-0.15, -0.1) is 0 Å². The first kappa shape index (κ1) is 18.2. The van der Waals surface area contributed by atoms with E-state index in [-0.39, 0.29) is 11.1 Å². The van der Waals surface area contributed by atoms with Gasteiger partial charge in [0.15, 0.2) is 23.3 Å². The molecule has 0 spiro atoms. The van der Waals surface area contributed by atoms with Crippen molar-refractivity contribution in [2.24, 2.45) is 0 Å². The average molecular weight is 392 g/mol. The van der Waals surface area contributed by atoms with E-state index in [0.717, 1.165) is 14.2 Å². The van der Waals surface area contributed by atoms with Crippen LogP contribution in [-0.2, 0) is 19.1 Å². The molecule has 0 radical (unpaired) electrons. The lowest BCUT2D eigenvalue weighted by atomic mass is 9.60. The van der Waals surface area contributed by atoms with E-state index in [1.165, 1.54) is 0 Å². The van der Waals surface area contributed by atoms with Crippen LogP contribution in [-0.4, -0.2) is 26.2 Å². The van der Waals surface area contributed by atoms with Crippen molar-refractivity contribution in [1.29, 1.82) is 0 Å². The topological polar surface area (TPSA) is 52.6 Å². The Balaban J connectivity index is 2.19. The number of carbonyl (C=O) groups excluding carboxylic acids is 2. The molecule has 0 aromatic heterocycles. The van der Waals surface area contributed by atoms with Crippen molar-refractivity contribution in [2.45, 2.75) is 11.8 Å². The van der Waals surface area contributed by atoms with Gasteiger partial charge >= 0.3 is 11.9 Å².